The smallest absolute Gasteiger partial charge is 0.392 e. The lowest BCUT2D eigenvalue weighted by atomic mass is 10.1. The first-order valence-corrected chi connectivity index (χ1v) is 6.04. The summed E-state index contributed by atoms with van der Waals surface area (Å²) in [4.78, 5) is 16.0. The van der Waals surface area contributed by atoms with Crippen LogP contribution in [-0.2, 0) is 12.7 Å². The Hall–Kier alpha value is -1.60. The van der Waals surface area contributed by atoms with Crippen LogP contribution in [0.4, 0.5) is 13.2 Å². The molecule has 0 aliphatic rings. The minimum absolute atomic E-state index is 0.128. The van der Waals surface area contributed by atoms with Crippen LogP contribution >= 0.6 is 11.6 Å². The van der Waals surface area contributed by atoms with E-state index < -0.39 is 28.8 Å². The average molecular weight is 307 g/mol. The number of benzene rings is 1. The molecular formula is C12H10ClF3N2O2. The van der Waals surface area contributed by atoms with Crippen molar-refractivity contribution in [3.8, 4) is 0 Å². The molecular weight excluding hydrogens is 297 g/mol. The highest BCUT2D eigenvalue weighted by Crippen LogP contribution is 2.33. The Labute approximate surface area is 116 Å². The van der Waals surface area contributed by atoms with Crippen molar-refractivity contribution in [3.05, 3.63) is 39.4 Å². The van der Waals surface area contributed by atoms with E-state index in [1.54, 1.807) is 0 Å². The molecule has 0 bridgehead atoms. The van der Waals surface area contributed by atoms with Crippen molar-refractivity contribution in [2.45, 2.75) is 25.7 Å². The van der Waals surface area contributed by atoms with Crippen molar-refractivity contribution in [2.24, 2.45) is 0 Å². The van der Waals surface area contributed by atoms with Gasteiger partial charge in [0.2, 0.25) is 5.28 Å². The lowest BCUT2D eigenvalue weighted by Crippen LogP contribution is -2.28. The van der Waals surface area contributed by atoms with Crippen LogP contribution in [0.2, 0.25) is 5.28 Å². The highest BCUT2D eigenvalue weighted by Gasteiger charge is 2.34. The molecule has 0 radical (unpaired) electrons. The first-order chi connectivity index (χ1) is 9.21. The van der Waals surface area contributed by atoms with Gasteiger partial charge in [0.25, 0.3) is 5.56 Å². The summed E-state index contributed by atoms with van der Waals surface area (Å²) in [5, 5.41) is 8.48. The lowest BCUT2D eigenvalue weighted by Gasteiger charge is -2.14. The molecule has 0 aliphatic heterocycles. The van der Waals surface area contributed by atoms with Crippen LogP contribution < -0.4 is 5.56 Å². The van der Waals surface area contributed by atoms with Crippen molar-refractivity contribution in [2.75, 3.05) is 0 Å². The third-order valence-electron chi connectivity index (χ3n) is 2.69. The van der Waals surface area contributed by atoms with E-state index in [1.165, 1.54) is 13.0 Å². The van der Waals surface area contributed by atoms with E-state index in [0.717, 1.165) is 16.7 Å². The predicted molar refractivity (Wildman–Crippen MR) is 67.7 cm³/mol. The van der Waals surface area contributed by atoms with Crippen molar-refractivity contribution in [1.29, 1.82) is 0 Å². The first-order valence-electron chi connectivity index (χ1n) is 5.66. The van der Waals surface area contributed by atoms with Crippen LogP contribution in [0.5, 0.6) is 0 Å². The van der Waals surface area contributed by atoms with Crippen LogP contribution in [0.1, 0.15) is 12.5 Å². The Balaban J connectivity index is 2.85. The summed E-state index contributed by atoms with van der Waals surface area (Å²) in [6, 6.07) is 3.25. The second-order valence-electron chi connectivity index (χ2n) is 4.34. The summed E-state index contributed by atoms with van der Waals surface area (Å²) in [5.41, 5.74) is -2.12. The molecule has 1 heterocycles. The van der Waals surface area contributed by atoms with Crippen molar-refractivity contribution in [1.82, 2.24) is 9.55 Å². The van der Waals surface area contributed by atoms with Crippen molar-refractivity contribution in [3.63, 3.8) is 0 Å². The molecule has 4 nitrogen and oxygen atoms in total. The van der Waals surface area contributed by atoms with Crippen LogP contribution in [0.25, 0.3) is 10.9 Å². The summed E-state index contributed by atoms with van der Waals surface area (Å²) >= 11 is 5.78. The van der Waals surface area contributed by atoms with E-state index in [9.17, 15) is 23.1 Å². The highest BCUT2D eigenvalue weighted by molar-refractivity contribution is 6.28. The Morgan fingerprint density at radius 2 is 2.10 bits per heavy atom. The van der Waals surface area contributed by atoms with Gasteiger partial charge in [-0.15, -0.1) is 0 Å². The minimum atomic E-state index is -4.67. The molecule has 1 aromatic carbocycles. The number of fused-ring (bicyclic) bond motifs is 1. The van der Waals surface area contributed by atoms with E-state index in [4.69, 9.17) is 11.6 Å². The zero-order valence-corrected chi connectivity index (χ0v) is 11.0. The van der Waals surface area contributed by atoms with Gasteiger partial charge in [-0.05, 0) is 30.7 Å². The third kappa shape index (κ3) is 2.64. The molecule has 108 valence electrons. The number of nitrogens with zero attached hydrogens (tertiary/aromatic N) is 2. The van der Waals surface area contributed by atoms with E-state index in [1.807, 2.05) is 0 Å². The maximum atomic E-state index is 12.9. The van der Waals surface area contributed by atoms with Crippen molar-refractivity contribution < 1.29 is 18.3 Å². The van der Waals surface area contributed by atoms with Gasteiger partial charge >= 0.3 is 6.18 Å². The van der Waals surface area contributed by atoms with Gasteiger partial charge in [0.1, 0.15) is 0 Å². The molecule has 1 N–H and O–H groups in total. The predicted octanol–water partition coefficient (Wildman–Crippen LogP) is 2.45. The van der Waals surface area contributed by atoms with E-state index >= 15 is 0 Å². The number of aromatic nitrogens is 2. The quantitative estimate of drug-likeness (QED) is 0.867. The fourth-order valence-electron chi connectivity index (χ4n) is 1.90. The largest absolute Gasteiger partial charge is 0.417 e. The van der Waals surface area contributed by atoms with Gasteiger partial charge in [-0.3, -0.25) is 9.36 Å². The molecule has 1 atom stereocenters. The molecule has 2 rings (SSSR count). The lowest BCUT2D eigenvalue weighted by molar-refractivity contribution is -0.136. The molecule has 8 heteroatoms. The number of hydrogen-bond donors (Lipinski definition) is 1. The monoisotopic (exact) mass is 306 g/mol. The molecule has 0 spiro atoms. The number of aliphatic hydroxyl groups excluding tert-OH is 1. The van der Waals surface area contributed by atoms with E-state index in [-0.39, 0.29) is 17.3 Å². The van der Waals surface area contributed by atoms with Crippen LogP contribution in [0.15, 0.2) is 23.0 Å². The SMILES string of the molecule is CC(O)Cn1c(Cl)nc2cccc(C(F)(F)F)c2c1=O. The normalized spacial score (nSPS) is 13.7. The summed E-state index contributed by atoms with van der Waals surface area (Å²) in [7, 11) is 0. The van der Waals surface area contributed by atoms with Gasteiger partial charge < -0.3 is 5.11 Å². The number of aliphatic hydroxyl groups is 1. The summed E-state index contributed by atoms with van der Waals surface area (Å²) in [5.74, 6) is 0. The van der Waals surface area contributed by atoms with E-state index in [0.29, 0.717) is 0 Å². The highest BCUT2D eigenvalue weighted by atomic mass is 35.5. The number of halogens is 4. The molecule has 0 saturated carbocycles. The molecule has 0 saturated heterocycles. The minimum Gasteiger partial charge on any atom is -0.392 e. The average Bonchev–Trinajstić information content (AvgIpc) is 2.32. The fraction of sp³-hybridized carbons (Fsp3) is 0.333. The maximum absolute atomic E-state index is 12.9. The second kappa shape index (κ2) is 5.06. The third-order valence-corrected chi connectivity index (χ3v) is 2.98. The van der Waals surface area contributed by atoms with Crippen LogP contribution in [-0.4, -0.2) is 20.8 Å². The number of hydrogen-bond acceptors (Lipinski definition) is 3. The molecule has 0 aliphatic carbocycles. The summed E-state index contributed by atoms with van der Waals surface area (Å²) in [6.45, 7) is 1.16. The van der Waals surface area contributed by atoms with Gasteiger partial charge in [0, 0.05) is 0 Å². The molecule has 1 unspecified atom stereocenters. The number of rotatable bonds is 2. The Kier molecular flexibility index (Phi) is 3.75. The molecule has 20 heavy (non-hydrogen) atoms. The van der Waals surface area contributed by atoms with E-state index in [2.05, 4.69) is 4.98 Å². The molecule has 2 aromatic rings. The molecule has 0 fully saturated rings. The van der Waals surface area contributed by atoms with Gasteiger partial charge in [0.05, 0.1) is 29.1 Å². The van der Waals surface area contributed by atoms with Gasteiger partial charge in [-0.2, -0.15) is 13.2 Å². The fourth-order valence-corrected chi connectivity index (χ4v) is 2.13. The summed E-state index contributed by atoms with van der Waals surface area (Å²) < 4.78 is 39.6. The zero-order chi connectivity index (χ0) is 15.1. The molecule has 0 amide bonds. The topological polar surface area (TPSA) is 55.1 Å². The Bertz CT molecular complexity index is 710. The van der Waals surface area contributed by atoms with Crippen LogP contribution in [0.3, 0.4) is 0 Å². The van der Waals surface area contributed by atoms with Gasteiger partial charge in [0.15, 0.2) is 0 Å². The van der Waals surface area contributed by atoms with Crippen molar-refractivity contribution >= 4 is 22.5 Å². The summed E-state index contributed by atoms with van der Waals surface area (Å²) in [6.07, 6.45) is -5.61. The molecule has 1 aromatic heterocycles. The second-order valence-corrected chi connectivity index (χ2v) is 4.68. The zero-order valence-electron chi connectivity index (χ0n) is 10.3. The van der Waals surface area contributed by atoms with Gasteiger partial charge in [-0.25, -0.2) is 4.98 Å². The Morgan fingerprint density at radius 3 is 2.65 bits per heavy atom. The Morgan fingerprint density at radius 1 is 1.45 bits per heavy atom. The van der Waals surface area contributed by atoms with Crippen LogP contribution in [0, 0.1) is 0 Å². The standard InChI is InChI=1S/C12H10ClF3N2O2/c1-6(19)5-18-10(20)9-7(12(14,15)16)3-2-4-8(9)17-11(18)13/h2-4,6,19H,5H2,1H3. The number of alkyl halides is 3. The first kappa shape index (κ1) is 14.8. The van der Waals surface area contributed by atoms with Gasteiger partial charge in [-0.1, -0.05) is 6.07 Å². The maximum Gasteiger partial charge on any atom is 0.417 e.